The van der Waals surface area contributed by atoms with Crippen LogP contribution in [0.25, 0.3) is 0 Å². The molecule has 4 rings (SSSR count). The van der Waals surface area contributed by atoms with Gasteiger partial charge in [-0.2, -0.15) is 0 Å². The van der Waals surface area contributed by atoms with E-state index in [-0.39, 0.29) is 6.61 Å². The Hall–Kier alpha value is -2.78. The molecule has 5 atom stereocenters. The molecule has 7 heteroatoms. The summed E-state index contributed by atoms with van der Waals surface area (Å²) in [6, 6.07) is 26.9. The fraction of sp³-hybridized carbons (Fsp3) is 0.357. The van der Waals surface area contributed by atoms with E-state index in [9.17, 15) is 15.3 Å². The molecule has 0 bridgehead atoms. The average molecular weight is 481 g/mol. The smallest absolute Gasteiger partial charge is 0.229 e. The summed E-state index contributed by atoms with van der Waals surface area (Å²) in [5.74, 6) is 0.506. The Morgan fingerprint density at radius 2 is 1.34 bits per heavy atom. The summed E-state index contributed by atoms with van der Waals surface area (Å²) in [6.45, 7) is 0.964. The van der Waals surface area contributed by atoms with Gasteiger partial charge in [0.2, 0.25) is 6.29 Å². The van der Waals surface area contributed by atoms with Crippen LogP contribution < -0.4 is 4.74 Å². The summed E-state index contributed by atoms with van der Waals surface area (Å²) < 4.78 is 22.9. The van der Waals surface area contributed by atoms with Crippen LogP contribution >= 0.6 is 0 Å². The van der Waals surface area contributed by atoms with Crippen molar-refractivity contribution in [2.75, 3.05) is 13.2 Å². The van der Waals surface area contributed by atoms with Crippen molar-refractivity contribution >= 4 is 0 Å². The van der Waals surface area contributed by atoms with Gasteiger partial charge in [-0.25, -0.2) is 0 Å². The topological polar surface area (TPSA) is 97.6 Å². The zero-order chi connectivity index (χ0) is 24.5. The number of rotatable bonds is 11. The first-order valence-electron chi connectivity index (χ1n) is 11.8. The second kappa shape index (κ2) is 12.8. The van der Waals surface area contributed by atoms with E-state index in [1.54, 1.807) is 24.3 Å². The molecule has 1 aliphatic rings. The largest absolute Gasteiger partial charge is 0.462 e. The second-order valence-electron chi connectivity index (χ2n) is 8.52. The van der Waals surface area contributed by atoms with E-state index in [1.807, 2.05) is 60.7 Å². The zero-order valence-corrected chi connectivity index (χ0v) is 19.5. The summed E-state index contributed by atoms with van der Waals surface area (Å²) in [4.78, 5) is 0. The fourth-order valence-corrected chi connectivity index (χ4v) is 3.93. The normalized spacial score (nSPS) is 24.3. The van der Waals surface area contributed by atoms with Crippen molar-refractivity contribution in [3.63, 3.8) is 0 Å². The first-order chi connectivity index (χ1) is 17.1. The van der Waals surface area contributed by atoms with Gasteiger partial charge in [0.15, 0.2) is 0 Å². The molecule has 3 aromatic rings. The van der Waals surface area contributed by atoms with Crippen molar-refractivity contribution in [2.24, 2.45) is 0 Å². The van der Waals surface area contributed by atoms with E-state index < -0.39 is 37.3 Å². The molecule has 3 aromatic carbocycles. The van der Waals surface area contributed by atoms with Crippen LogP contribution in [0.1, 0.15) is 16.7 Å². The number of aliphatic hydroxyl groups is 3. The van der Waals surface area contributed by atoms with Gasteiger partial charge in [-0.15, -0.1) is 0 Å². The molecule has 0 unspecified atom stereocenters. The summed E-state index contributed by atoms with van der Waals surface area (Å²) in [7, 11) is 0. The van der Waals surface area contributed by atoms with Crippen LogP contribution in [0.2, 0.25) is 0 Å². The number of hydrogen-bond acceptors (Lipinski definition) is 7. The third-order valence-corrected chi connectivity index (χ3v) is 5.93. The third kappa shape index (κ3) is 7.11. The van der Waals surface area contributed by atoms with E-state index in [0.717, 1.165) is 23.1 Å². The number of para-hydroxylation sites is 1. The van der Waals surface area contributed by atoms with Crippen molar-refractivity contribution in [3.05, 3.63) is 102 Å². The van der Waals surface area contributed by atoms with Crippen molar-refractivity contribution in [2.45, 2.75) is 50.3 Å². The number of hydrogen-bond donors (Lipinski definition) is 3. The van der Waals surface area contributed by atoms with Crippen molar-refractivity contribution in [1.82, 2.24) is 0 Å². The Bertz CT molecular complexity index is 997. The Kier molecular flexibility index (Phi) is 9.25. The highest BCUT2D eigenvalue weighted by Gasteiger charge is 2.46. The van der Waals surface area contributed by atoms with Crippen LogP contribution in [0.15, 0.2) is 84.9 Å². The molecule has 186 valence electrons. The highest BCUT2D eigenvalue weighted by atomic mass is 16.7. The molecule has 0 saturated carbocycles. The molecule has 0 amide bonds. The molecule has 0 spiro atoms. The Morgan fingerprint density at radius 3 is 2.03 bits per heavy atom. The van der Waals surface area contributed by atoms with Gasteiger partial charge in [-0.05, 0) is 35.2 Å². The SMILES string of the molecule is OC[C@H]1O[C@H](Oc2ccccc2)[C@H](O)[C@@H](OCc2ccc(CCOCc3ccccc3)cc2)[C@@H]1O. The van der Waals surface area contributed by atoms with Gasteiger partial charge >= 0.3 is 0 Å². The second-order valence-corrected chi connectivity index (χ2v) is 8.52. The van der Waals surface area contributed by atoms with E-state index >= 15 is 0 Å². The summed E-state index contributed by atoms with van der Waals surface area (Å²) >= 11 is 0. The lowest BCUT2D eigenvalue weighted by Crippen LogP contribution is -2.60. The predicted octanol–water partition coefficient (Wildman–Crippen LogP) is 2.85. The van der Waals surface area contributed by atoms with E-state index in [2.05, 4.69) is 0 Å². The summed E-state index contributed by atoms with van der Waals surface area (Å²) in [5, 5.41) is 31.0. The highest BCUT2D eigenvalue weighted by molar-refractivity contribution is 5.23. The number of ether oxygens (including phenoxy) is 4. The Labute approximate surface area is 205 Å². The van der Waals surface area contributed by atoms with E-state index in [1.165, 1.54) is 0 Å². The van der Waals surface area contributed by atoms with Gasteiger partial charge in [0.25, 0.3) is 0 Å². The van der Waals surface area contributed by atoms with Gasteiger partial charge in [-0.1, -0.05) is 72.8 Å². The maximum atomic E-state index is 10.8. The average Bonchev–Trinajstić information content (AvgIpc) is 2.90. The van der Waals surface area contributed by atoms with Crippen molar-refractivity contribution < 1.29 is 34.3 Å². The quantitative estimate of drug-likeness (QED) is 0.363. The van der Waals surface area contributed by atoms with Gasteiger partial charge in [0, 0.05) is 0 Å². The van der Waals surface area contributed by atoms with Crippen molar-refractivity contribution in [3.8, 4) is 5.75 Å². The first kappa shape index (κ1) is 25.3. The molecular formula is C28H32O7. The molecular weight excluding hydrogens is 448 g/mol. The van der Waals surface area contributed by atoms with Crippen LogP contribution in [-0.2, 0) is 33.8 Å². The minimum atomic E-state index is -1.24. The van der Waals surface area contributed by atoms with Crippen LogP contribution in [0.5, 0.6) is 5.75 Å². The maximum Gasteiger partial charge on any atom is 0.229 e. The zero-order valence-electron chi connectivity index (χ0n) is 19.5. The minimum Gasteiger partial charge on any atom is -0.462 e. The summed E-state index contributed by atoms with van der Waals surface area (Å²) in [5.41, 5.74) is 3.19. The van der Waals surface area contributed by atoms with E-state index in [4.69, 9.17) is 18.9 Å². The van der Waals surface area contributed by atoms with Crippen LogP contribution in [0.3, 0.4) is 0 Å². The lowest BCUT2D eigenvalue weighted by Gasteiger charge is -2.41. The number of aliphatic hydroxyl groups excluding tert-OH is 3. The lowest BCUT2D eigenvalue weighted by molar-refractivity contribution is -0.287. The van der Waals surface area contributed by atoms with Crippen LogP contribution in [-0.4, -0.2) is 59.2 Å². The molecule has 3 N–H and O–H groups in total. The molecule has 35 heavy (non-hydrogen) atoms. The van der Waals surface area contributed by atoms with Gasteiger partial charge in [0.05, 0.1) is 26.4 Å². The Balaban J connectivity index is 1.28. The molecule has 1 aliphatic heterocycles. The van der Waals surface area contributed by atoms with Crippen LogP contribution in [0, 0.1) is 0 Å². The summed E-state index contributed by atoms with van der Waals surface area (Å²) in [6.07, 6.45) is -4.65. The van der Waals surface area contributed by atoms with Gasteiger partial charge in [0.1, 0.15) is 30.2 Å². The Morgan fingerprint density at radius 1 is 0.714 bits per heavy atom. The maximum absolute atomic E-state index is 10.8. The van der Waals surface area contributed by atoms with Crippen molar-refractivity contribution in [1.29, 1.82) is 0 Å². The molecule has 0 radical (unpaired) electrons. The third-order valence-electron chi connectivity index (χ3n) is 5.93. The fourth-order valence-electron chi connectivity index (χ4n) is 3.93. The predicted molar refractivity (Wildman–Crippen MR) is 130 cm³/mol. The van der Waals surface area contributed by atoms with Gasteiger partial charge in [-0.3, -0.25) is 0 Å². The lowest BCUT2D eigenvalue weighted by atomic mass is 9.99. The standard InChI is InChI=1S/C28H32O7/c29-17-24-25(30)27(26(31)28(35-24)34-23-9-5-2-6-10-23)33-19-22-13-11-20(12-14-22)15-16-32-18-21-7-3-1-4-8-21/h1-14,24-31H,15-19H2/t24-,25-,26-,27+,28+/m1/s1. The number of benzene rings is 3. The molecule has 0 aromatic heterocycles. The van der Waals surface area contributed by atoms with Crippen LogP contribution in [0.4, 0.5) is 0 Å². The molecule has 0 aliphatic carbocycles. The highest BCUT2D eigenvalue weighted by Crippen LogP contribution is 2.27. The monoisotopic (exact) mass is 480 g/mol. The van der Waals surface area contributed by atoms with E-state index in [0.29, 0.717) is 19.0 Å². The first-order valence-corrected chi connectivity index (χ1v) is 11.8. The molecule has 1 heterocycles. The van der Waals surface area contributed by atoms with Gasteiger partial charge < -0.3 is 34.3 Å². The molecule has 1 saturated heterocycles. The molecule has 1 fully saturated rings. The molecule has 7 nitrogen and oxygen atoms in total. The minimum absolute atomic E-state index is 0.180.